The van der Waals surface area contributed by atoms with E-state index in [4.69, 9.17) is 0 Å². The van der Waals surface area contributed by atoms with Crippen LogP contribution < -0.4 is 5.32 Å². The molecule has 0 amide bonds. The summed E-state index contributed by atoms with van der Waals surface area (Å²) in [5, 5.41) is 3.36. The first-order valence-corrected chi connectivity index (χ1v) is 9.61. The molecule has 1 N–H and O–H groups in total. The molecular formula is C14H28N2O2S. The van der Waals surface area contributed by atoms with Crippen molar-refractivity contribution in [2.24, 2.45) is 0 Å². The molecule has 0 bridgehead atoms. The highest BCUT2D eigenvalue weighted by atomic mass is 32.2. The molecule has 112 valence electrons. The number of sulfone groups is 1. The van der Waals surface area contributed by atoms with Crippen molar-refractivity contribution in [1.82, 2.24) is 10.2 Å². The van der Waals surface area contributed by atoms with Gasteiger partial charge in [0.2, 0.25) is 0 Å². The van der Waals surface area contributed by atoms with Crippen molar-refractivity contribution >= 4 is 9.84 Å². The molecule has 2 unspecified atom stereocenters. The highest BCUT2D eigenvalue weighted by Gasteiger charge is 2.26. The summed E-state index contributed by atoms with van der Waals surface area (Å²) < 4.78 is 23.3. The van der Waals surface area contributed by atoms with Crippen LogP contribution in [0.1, 0.15) is 45.4 Å². The Bertz CT molecular complexity index is 370. The van der Waals surface area contributed by atoms with Crippen LogP contribution in [0.15, 0.2) is 0 Å². The molecule has 4 nitrogen and oxygen atoms in total. The Morgan fingerprint density at radius 1 is 1.26 bits per heavy atom. The molecule has 19 heavy (non-hydrogen) atoms. The van der Waals surface area contributed by atoms with Crippen LogP contribution in [-0.4, -0.2) is 56.5 Å². The van der Waals surface area contributed by atoms with Gasteiger partial charge in [-0.3, -0.25) is 0 Å². The van der Waals surface area contributed by atoms with Crippen LogP contribution >= 0.6 is 0 Å². The van der Waals surface area contributed by atoms with Crippen LogP contribution in [0.5, 0.6) is 0 Å². The van der Waals surface area contributed by atoms with Gasteiger partial charge < -0.3 is 10.2 Å². The van der Waals surface area contributed by atoms with Crippen molar-refractivity contribution in [1.29, 1.82) is 0 Å². The zero-order valence-corrected chi connectivity index (χ0v) is 12.9. The first-order valence-electron chi connectivity index (χ1n) is 7.78. The van der Waals surface area contributed by atoms with E-state index in [1.165, 1.54) is 38.6 Å². The van der Waals surface area contributed by atoms with E-state index in [0.717, 1.165) is 13.0 Å². The molecule has 0 aromatic carbocycles. The van der Waals surface area contributed by atoms with Gasteiger partial charge in [0.15, 0.2) is 9.84 Å². The predicted octanol–water partition coefficient (Wildman–Crippen LogP) is 1.42. The van der Waals surface area contributed by atoms with Gasteiger partial charge in [0.1, 0.15) is 0 Å². The third kappa shape index (κ3) is 4.72. The molecule has 2 rings (SSSR count). The summed E-state index contributed by atoms with van der Waals surface area (Å²) in [7, 11) is -2.79. The van der Waals surface area contributed by atoms with Crippen molar-refractivity contribution in [2.45, 2.75) is 57.5 Å². The van der Waals surface area contributed by atoms with Crippen LogP contribution in [0.25, 0.3) is 0 Å². The Morgan fingerprint density at radius 2 is 2.11 bits per heavy atom. The summed E-state index contributed by atoms with van der Waals surface area (Å²) in [6, 6.07) is 0.877. The SMILES string of the molecule is CCC1CCCCCN1CCC1CS(=O)(=O)CCN1. The van der Waals surface area contributed by atoms with Gasteiger partial charge in [-0.1, -0.05) is 19.8 Å². The molecule has 2 heterocycles. The highest BCUT2D eigenvalue weighted by molar-refractivity contribution is 7.91. The van der Waals surface area contributed by atoms with Gasteiger partial charge in [-0.05, 0) is 38.8 Å². The summed E-state index contributed by atoms with van der Waals surface area (Å²) >= 11 is 0. The van der Waals surface area contributed by atoms with Gasteiger partial charge in [0.25, 0.3) is 0 Å². The first-order chi connectivity index (χ1) is 9.11. The largest absolute Gasteiger partial charge is 0.312 e. The number of nitrogens with zero attached hydrogens (tertiary/aromatic N) is 1. The van der Waals surface area contributed by atoms with Crippen LogP contribution in [0.4, 0.5) is 0 Å². The fourth-order valence-corrected chi connectivity index (χ4v) is 4.86. The standard InChI is InChI=1S/C14H28N2O2S/c1-2-14-6-4-3-5-9-16(14)10-7-13-12-19(17,18)11-8-15-13/h13-15H,2-12H2,1H3. The minimum Gasteiger partial charge on any atom is -0.312 e. The molecule has 0 spiro atoms. The fourth-order valence-electron chi connectivity index (χ4n) is 3.37. The molecule has 0 radical (unpaired) electrons. The molecule has 0 aromatic rings. The zero-order chi connectivity index (χ0) is 13.7. The van der Waals surface area contributed by atoms with Gasteiger partial charge in [-0.2, -0.15) is 0 Å². The minimum atomic E-state index is -2.79. The smallest absolute Gasteiger partial charge is 0.153 e. The molecule has 0 aliphatic carbocycles. The van der Waals surface area contributed by atoms with E-state index in [-0.39, 0.29) is 6.04 Å². The topological polar surface area (TPSA) is 49.4 Å². The Morgan fingerprint density at radius 3 is 2.84 bits per heavy atom. The lowest BCUT2D eigenvalue weighted by Crippen LogP contribution is -2.47. The van der Waals surface area contributed by atoms with E-state index in [9.17, 15) is 8.42 Å². The number of hydrogen-bond acceptors (Lipinski definition) is 4. The van der Waals surface area contributed by atoms with Crippen LogP contribution in [0, 0.1) is 0 Å². The van der Waals surface area contributed by atoms with E-state index < -0.39 is 9.84 Å². The van der Waals surface area contributed by atoms with Crippen molar-refractivity contribution in [3.05, 3.63) is 0 Å². The van der Waals surface area contributed by atoms with Gasteiger partial charge in [-0.25, -0.2) is 8.42 Å². The van der Waals surface area contributed by atoms with Gasteiger partial charge in [0.05, 0.1) is 11.5 Å². The number of nitrogens with one attached hydrogen (secondary N) is 1. The lowest BCUT2D eigenvalue weighted by Gasteiger charge is -2.31. The van der Waals surface area contributed by atoms with E-state index in [1.54, 1.807) is 0 Å². The molecule has 0 saturated carbocycles. The second kappa shape index (κ2) is 7.04. The second-order valence-electron chi connectivity index (χ2n) is 6.00. The summed E-state index contributed by atoms with van der Waals surface area (Å²) in [5.74, 6) is 0.641. The van der Waals surface area contributed by atoms with Crippen LogP contribution in [-0.2, 0) is 9.84 Å². The van der Waals surface area contributed by atoms with Gasteiger partial charge in [-0.15, -0.1) is 0 Å². The van der Waals surface area contributed by atoms with E-state index in [1.807, 2.05) is 0 Å². The van der Waals surface area contributed by atoms with Crippen molar-refractivity contribution < 1.29 is 8.42 Å². The minimum absolute atomic E-state index is 0.166. The Kier molecular flexibility index (Phi) is 5.66. The molecule has 2 saturated heterocycles. The summed E-state index contributed by atoms with van der Waals surface area (Å²) in [6.45, 7) is 5.14. The van der Waals surface area contributed by atoms with E-state index in [0.29, 0.717) is 24.1 Å². The van der Waals surface area contributed by atoms with Gasteiger partial charge in [0, 0.05) is 18.6 Å². The normalized spacial score (nSPS) is 32.9. The Balaban J connectivity index is 1.82. The highest BCUT2D eigenvalue weighted by Crippen LogP contribution is 2.20. The number of hydrogen-bond donors (Lipinski definition) is 1. The molecule has 0 aromatic heterocycles. The van der Waals surface area contributed by atoms with Crippen molar-refractivity contribution in [2.75, 3.05) is 31.1 Å². The molecular weight excluding hydrogens is 260 g/mol. The average Bonchev–Trinajstić information content (AvgIpc) is 2.60. The average molecular weight is 288 g/mol. The third-order valence-electron chi connectivity index (χ3n) is 4.54. The first kappa shape index (κ1) is 15.3. The Labute approximate surface area is 117 Å². The van der Waals surface area contributed by atoms with Crippen molar-refractivity contribution in [3.63, 3.8) is 0 Å². The second-order valence-corrected chi connectivity index (χ2v) is 8.23. The molecule has 5 heteroatoms. The fraction of sp³-hybridized carbons (Fsp3) is 1.00. The monoisotopic (exact) mass is 288 g/mol. The maximum atomic E-state index is 11.6. The zero-order valence-electron chi connectivity index (χ0n) is 12.1. The summed E-state index contributed by atoms with van der Waals surface area (Å²) in [4.78, 5) is 2.59. The molecule has 2 aliphatic rings. The molecule has 2 atom stereocenters. The molecule has 2 fully saturated rings. The summed E-state index contributed by atoms with van der Waals surface area (Å²) in [5.41, 5.74) is 0. The lowest BCUT2D eigenvalue weighted by molar-refractivity contribution is 0.186. The third-order valence-corrected chi connectivity index (χ3v) is 6.27. The maximum Gasteiger partial charge on any atom is 0.153 e. The van der Waals surface area contributed by atoms with Crippen LogP contribution in [0.2, 0.25) is 0 Å². The molecule has 2 aliphatic heterocycles. The van der Waals surface area contributed by atoms with Gasteiger partial charge >= 0.3 is 0 Å². The van der Waals surface area contributed by atoms with E-state index >= 15 is 0 Å². The van der Waals surface area contributed by atoms with E-state index in [2.05, 4.69) is 17.1 Å². The maximum absolute atomic E-state index is 11.6. The number of likely N-dealkylation sites (tertiary alicyclic amines) is 1. The lowest BCUT2D eigenvalue weighted by atomic mass is 10.1. The summed E-state index contributed by atoms with van der Waals surface area (Å²) in [6.07, 6.45) is 7.50. The van der Waals surface area contributed by atoms with Crippen LogP contribution in [0.3, 0.4) is 0 Å². The van der Waals surface area contributed by atoms with Crippen molar-refractivity contribution in [3.8, 4) is 0 Å². The number of rotatable bonds is 4. The predicted molar refractivity (Wildman–Crippen MR) is 79.2 cm³/mol. The Hall–Kier alpha value is -0.130. The quantitative estimate of drug-likeness (QED) is 0.850.